The predicted octanol–water partition coefficient (Wildman–Crippen LogP) is 2.31. The third kappa shape index (κ3) is 1.68. The average Bonchev–Trinajstić information content (AvgIpc) is 2.30. The molecule has 1 aromatic rings. The van der Waals surface area contributed by atoms with E-state index in [9.17, 15) is 0 Å². The van der Waals surface area contributed by atoms with Crippen LogP contribution in [0.1, 0.15) is 12.0 Å². The molecule has 1 aromatic carbocycles. The van der Waals surface area contributed by atoms with Gasteiger partial charge < -0.3 is 4.74 Å². The minimum atomic E-state index is 0.0736. The van der Waals surface area contributed by atoms with Gasteiger partial charge in [0.2, 0.25) is 0 Å². The zero-order chi connectivity index (χ0) is 10.7. The van der Waals surface area contributed by atoms with Gasteiger partial charge in [0.15, 0.2) is 5.57 Å². The molecule has 0 aliphatic carbocycles. The monoisotopic (exact) mass is 196 g/mol. The summed E-state index contributed by atoms with van der Waals surface area (Å²) < 4.78 is 5.51. The smallest absolute Gasteiger partial charge is 0.167 e. The third-order valence-corrected chi connectivity index (χ3v) is 2.33. The first-order valence-corrected chi connectivity index (χ1v) is 4.64. The average molecular weight is 196 g/mol. The maximum absolute atomic E-state index is 8.72. The molecule has 0 fully saturated rings. The van der Waals surface area contributed by atoms with Gasteiger partial charge >= 0.3 is 0 Å². The van der Waals surface area contributed by atoms with Gasteiger partial charge in [-0.3, -0.25) is 0 Å². The second-order valence-corrected chi connectivity index (χ2v) is 3.23. The van der Waals surface area contributed by atoms with Crippen molar-refractivity contribution in [2.45, 2.75) is 12.8 Å². The predicted molar refractivity (Wildman–Crippen MR) is 53.6 cm³/mol. The zero-order valence-corrected chi connectivity index (χ0v) is 8.03. The van der Waals surface area contributed by atoms with E-state index in [0.717, 1.165) is 17.7 Å². The summed E-state index contributed by atoms with van der Waals surface area (Å²) in [6.45, 7) is 0. The van der Waals surface area contributed by atoms with Crippen LogP contribution < -0.4 is 4.74 Å². The Morgan fingerprint density at radius 3 is 2.60 bits per heavy atom. The first-order chi connectivity index (χ1) is 7.35. The van der Waals surface area contributed by atoms with Crippen molar-refractivity contribution in [2.75, 3.05) is 0 Å². The number of allylic oxidation sites excluding steroid dienone is 2. The standard InChI is InChI=1S/C12H8N2O/c13-7-10(8-14)12-6-5-9-3-1-2-4-11(9)15-12/h1-4H,5-6H2. The van der Waals surface area contributed by atoms with E-state index in [1.165, 1.54) is 0 Å². The van der Waals surface area contributed by atoms with Gasteiger partial charge in [-0.05, 0) is 18.1 Å². The number of fused-ring (bicyclic) bond motifs is 1. The molecule has 0 radical (unpaired) electrons. The van der Waals surface area contributed by atoms with Gasteiger partial charge in [-0.25, -0.2) is 0 Å². The van der Waals surface area contributed by atoms with Gasteiger partial charge in [0.1, 0.15) is 23.6 Å². The molecule has 3 heteroatoms. The lowest BCUT2D eigenvalue weighted by Crippen LogP contribution is -2.08. The van der Waals surface area contributed by atoms with E-state index >= 15 is 0 Å². The van der Waals surface area contributed by atoms with E-state index < -0.39 is 0 Å². The molecule has 3 nitrogen and oxygen atoms in total. The fraction of sp³-hybridized carbons (Fsp3) is 0.167. The lowest BCUT2D eigenvalue weighted by molar-refractivity contribution is 0.376. The normalized spacial score (nSPS) is 13.1. The number of benzene rings is 1. The SMILES string of the molecule is N#CC(C#N)=C1CCc2ccccc2O1. The lowest BCUT2D eigenvalue weighted by Gasteiger charge is -2.18. The van der Waals surface area contributed by atoms with E-state index in [0.29, 0.717) is 12.2 Å². The summed E-state index contributed by atoms with van der Waals surface area (Å²) in [5.41, 5.74) is 1.20. The Hall–Kier alpha value is -2.26. The van der Waals surface area contributed by atoms with Gasteiger partial charge in [0, 0.05) is 6.42 Å². The summed E-state index contributed by atoms with van der Waals surface area (Å²) in [4.78, 5) is 0. The number of nitriles is 2. The number of rotatable bonds is 0. The van der Waals surface area contributed by atoms with Crippen molar-refractivity contribution in [3.8, 4) is 17.9 Å². The van der Waals surface area contributed by atoms with Crippen LogP contribution in [-0.2, 0) is 6.42 Å². The van der Waals surface area contributed by atoms with Crippen LogP contribution in [0.3, 0.4) is 0 Å². The Morgan fingerprint density at radius 1 is 1.13 bits per heavy atom. The van der Waals surface area contributed by atoms with Gasteiger partial charge in [-0.1, -0.05) is 18.2 Å². The summed E-state index contributed by atoms with van der Waals surface area (Å²) in [6, 6.07) is 11.4. The molecule has 0 saturated heterocycles. The Labute approximate surface area is 87.8 Å². The third-order valence-electron chi connectivity index (χ3n) is 2.33. The summed E-state index contributed by atoms with van der Waals surface area (Å²) in [7, 11) is 0. The van der Waals surface area contributed by atoms with Crippen LogP contribution in [0.25, 0.3) is 0 Å². The molecule has 0 saturated carbocycles. The lowest BCUT2D eigenvalue weighted by atomic mass is 10.0. The molecule has 0 atom stereocenters. The molecule has 0 spiro atoms. The fourth-order valence-corrected chi connectivity index (χ4v) is 1.57. The van der Waals surface area contributed by atoms with Gasteiger partial charge in [0.05, 0.1) is 0 Å². The zero-order valence-electron chi connectivity index (χ0n) is 8.03. The molecule has 0 unspecified atom stereocenters. The van der Waals surface area contributed by atoms with Crippen molar-refractivity contribution in [1.82, 2.24) is 0 Å². The first kappa shape index (κ1) is 9.30. The topological polar surface area (TPSA) is 56.8 Å². The van der Waals surface area contributed by atoms with Crippen molar-refractivity contribution < 1.29 is 4.74 Å². The minimum Gasteiger partial charge on any atom is -0.459 e. The van der Waals surface area contributed by atoms with E-state index in [-0.39, 0.29) is 5.57 Å². The summed E-state index contributed by atoms with van der Waals surface area (Å²) in [5, 5.41) is 17.4. The molecule has 1 aliphatic rings. The van der Waals surface area contributed by atoms with Crippen molar-refractivity contribution in [1.29, 1.82) is 10.5 Å². The summed E-state index contributed by atoms with van der Waals surface area (Å²) >= 11 is 0. The van der Waals surface area contributed by atoms with Crippen LogP contribution in [-0.4, -0.2) is 0 Å². The largest absolute Gasteiger partial charge is 0.459 e. The number of aryl methyl sites for hydroxylation is 1. The highest BCUT2D eigenvalue weighted by atomic mass is 16.5. The maximum atomic E-state index is 8.72. The number of ether oxygens (including phenoxy) is 1. The molecule has 0 bridgehead atoms. The molecule has 1 heterocycles. The van der Waals surface area contributed by atoms with Crippen molar-refractivity contribution in [3.63, 3.8) is 0 Å². The Bertz CT molecular complexity index is 487. The molecule has 0 amide bonds. The van der Waals surface area contributed by atoms with E-state index in [2.05, 4.69) is 0 Å². The maximum Gasteiger partial charge on any atom is 0.167 e. The van der Waals surface area contributed by atoms with Crippen LogP contribution >= 0.6 is 0 Å². The van der Waals surface area contributed by atoms with Crippen LogP contribution in [0, 0.1) is 22.7 Å². The highest BCUT2D eigenvalue weighted by molar-refractivity contribution is 5.44. The summed E-state index contributed by atoms with van der Waals surface area (Å²) in [6.07, 6.45) is 1.44. The number of hydrogen-bond acceptors (Lipinski definition) is 3. The van der Waals surface area contributed by atoms with Crippen LogP contribution in [0.2, 0.25) is 0 Å². The fourth-order valence-electron chi connectivity index (χ4n) is 1.57. The molecule has 2 rings (SSSR count). The highest BCUT2D eigenvalue weighted by Crippen LogP contribution is 2.29. The van der Waals surface area contributed by atoms with Gasteiger partial charge in [-0.2, -0.15) is 10.5 Å². The molecular formula is C12H8N2O. The molecule has 1 aliphatic heterocycles. The van der Waals surface area contributed by atoms with E-state index in [1.54, 1.807) is 0 Å². The molecule has 72 valence electrons. The first-order valence-electron chi connectivity index (χ1n) is 4.64. The van der Waals surface area contributed by atoms with Crippen LogP contribution in [0.5, 0.6) is 5.75 Å². The molecule has 0 aromatic heterocycles. The number of nitrogens with zero attached hydrogens (tertiary/aromatic N) is 2. The van der Waals surface area contributed by atoms with Gasteiger partial charge in [0.25, 0.3) is 0 Å². The van der Waals surface area contributed by atoms with Crippen molar-refractivity contribution in [3.05, 3.63) is 41.2 Å². The van der Waals surface area contributed by atoms with Crippen molar-refractivity contribution >= 4 is 0 Å². The molecule has 15 heavy (non-hydrogen) atoms. The van der Waals surface area contributed by atoms with Crippen LogP contribution in [0.4, 0.5) is 0 Å². The highest BCUT2D eigenvalue weighted by Gasteiger charge is 2.17. The van der Waals surface area contributed by atoms with Crippen LogP contribution in [0.15, 0.2) is 35.6 Å². The Balaban J connectivity index is 2.39. The van der Waals surface area contributed by atoms with E-state index in [4.69, 9.17) is 15.3 Å². The quantitative estimate of drug-likeness (QED) is 0.598. The molecule has 0 N–H and O–H groups in total. The van der Waals surface area contributed by atoms with E-state index in [1.807, 2.05) is 36.4 Å². The Morgan fingerprint density at radius 2 is 1.87 bits per heavy atom. The molecular weight excluding hydrogens is 188 g/mol. The van der Waals surface area contributed by atoms with Crippen molar-refractivity contribution in [2.24, 2.45) is 0 Å². The number of hydrogen-bond donors (Lipinski definition) is 0. The second kappa shape index (κ2) is 3.86. The number of para-hydroxylation sites is 1. The minimum absolute atomic E-state index is 0.0736. The second-order valence-electron chi connectivity index (χ2n) is 3.23. The summed E-state index contributed by atoms with van der Waals surface area (Å²) in [5.74, 6) is 1.24. The Kier molecular flexibility index (Phi) is 2.39. The van der Waals surface area contributed by atoms with Gasteiger partial charge in [-0.15, -0.1) is 0 Å².